The first-order valence-electron chi connectivity index (χ1n) is 11.4. The third-order valence-electron chi connectivity index (χ3n) is 5.06. The lowest BCUT2D eigenvalue weighted by molar-refractivity contribution is -0.148. The second-order valence-electron chi connectivity index (χ2n) is 8.69. The Hall–Kier alpha value is -3.49. The molecule has 0 radical (unpaired) electrons. The highest BCUT2D eigenvalue weighted by atomic mass is 35.5. The van der Waals surface area contributed by atoms with E-state index >= 15 is 0 Å². The summed E-state index contributed by atoms with van der Waals surface area (Å²) in [6, 6.07) is 0.184. The number of aliphatic imine (C=N–C) groups is 1. The van der Waals surface area contributed by atoms with Crippen LogP contribution in [0.3, 0.4) is 0 Å². The molecule has 1 amide bonds. The summed E-state index contributed by atoms with van der Waals surface area (Å²) >= 11 is 0. The molecule has 3 rings (SSSR count). The number of hydrogen-bond acceptors (Lipinski definition) is 6. The van der Waals surface area contributed by atoms with Crippen molar-refractivity contribution in [1.29, 1.82) is 5.41 Å². The van der Waals surface area contributed by atoms with Crippen LogP contribution in [0, 0.1) is 22.9 Å². The van der Waals surface area contributed by atoms with Gasteiger partial charge in [-0.15, -0.1) is 22.6 Å². The molecule has 0 bridgehead atoms. The first kappa shape index (κ1) is 39.5. The smallest absolute Gasteiger partial charge is 0.369 e. The quantitative estimate of drug-likeness (QED) is 0.0765. The number of carbonyl (C=O) groups excluding carboxylic acids is 1. The molecule has 1 aliphatic heterocycles. The number of nitrogens with one attached hydrogen (secondary N) is 1. The number of hydrogen-bond donors (Lipinski definition) is 7. The molecule has 2 heterocycles. The molecule has 43 heavy (non-hydrogen) atoms. The molecule has 2 aromatic rings. The van der Waals surface area contributed by atoms with Crippen LogP contribution in [-0.4, -0.2) is 83.8 Å². The highest BCUT2D eigenvalue weighted by molar-refractivity contribution is 7.45. The van der Waals surface area contributed by atoms with Gasteiger partial charge in [0.25, 0.3) is 0 Å². The number of amides is 1. The van der Waals surface area contributed by atoms with Gasteiger partial charge in [-0.3, -0.25) is 10.2 Å². The van der Waals surface area contributed by atoms with Gasteiger partial charge < -0.3 is 46.2 Å². The van der Waals surface area contributed by atoms with E-state index in [1.54, 1.807) is 19.0 Å². The minimum atomic E-state index is -4.64. The minimum absolute atomic E-state index is 0. The number of halogens is 7. The zero-order valence-electron chi connectivity index (χ0n) is 22.5. The van der Waals surface area contributed by atoms with E-state index in [0.717, 1.165) is 4.57 Å². The fourth-order valence-corrected chi connectivity index (χ4v) is 3.23. The highest BCUT2D eigenvalue weighted by Gasteiger charge is 2.40. The Balaban J connectivity index is 0.000000983. The minimum Gasteiger partial charge on any atom is -0.369 e. The predicted molar refractivity (Wildman–Crippen MR) is 142 cm³/mol. The van der Waals surface area contributed by atoms with E-state index in [1.807, 2.05) is 0 Å². The van der Waals surface area contributed by atoms with Gasteiger partial charge in [0.1, 0.15) is 5.82 Å². The van der Waals surface area contributed by atoms with Gasteiger partial charge in [-0.1, -0.05) is 0 Å². The van der Waals surface area contributed by atoms with Crippen LogP contribution in [-0.2, 0) is 35.0 Å². The van der Waals surface area contributed by atoms with Crippen LogP contribution in [0.25, 0.3) is 0 Å². The van der Waals surface area contributed by atoms with Crippen LogP contribution in [0.2, 0.25) is 0 Å². The number of alkyl halides is 3. The molecule has 1 atom stereocenters. The predicted octanol–water partition coefficient (Wildman–Crippen LogP) is 0.266. The number of carbonyl (C=O) groups is 1. The van der Waals surface area contributed by atoms with Gasteiger partial charge in [0, 0.05) is 45.7 Å². The van der Waals surface area contributed by atoms with Gasteiger partial charge in [-0.25, -0.2) is 17.7 Å². The van der Waals surface area contributed by atoms with Gasteiger partial charge in [0.05, 0.1) is 6.54 Å². The van der Waals surface area contributed by atoms with Crippen molar-refractivity contribution in [3.8, 4) is 0 Å². The zero-order valence-corrected chi connectivity index (χ0v) is 24.2. The summed E-state index contributed by atoms with van der Waals surface area (Å²) in [6.45, 7) is -0.302. The van der Waals surface area contributed by atoms with Crippen molar-refractivity contribution in [2.45, 2.75) is 38.1 Å². The maximum Gasteiger partial charge on any atom is 0.466 e. The van der Waals surface area contributed by atoms with Crippen molar-refractivity contribution in [2.75, 3.05) is 20.6 Å². The van der Waals surface area contributed by atoms with Gasteiger partial charge in [0.2, 0.25) is 17.7 Å². The topological polar surface area (TPSA) is 246 Å². The first-order chi connectivity index (χ1) is 19.1. The number of phosphoric acid groups is 1. The lowest BCUT2D eigenvalue weighted by Crippen LogP contribution is -2.42. The Bertz CT molecular complexity index is 1330. The number of fused-ring (bicyclic) bond motifs is 1. The summed E-state index contributed by atoms with van der Waals surface area (Å²) in [5.41, 5.74) is 15.8. The Labute approximate surface area is 246 Å². The summed E-state index contributed by atoms with van der Waals surface area (Å²) in [7, 11) is -1.19. The Morgan fingerprint density at radius 1 is 1.12 bits per heavy atom. The lowest BCUT2D eigenvalue weighted by Gasteiger charge is -2.29. The SMILES string of the molecule is CN(C)/C(N)=N/C(=N)N.Cl.N[C@@H](CC(=O)N1CCn2c(nnc2C(F)(F)F)C1)Cc1cc(F)c(F)cc1F.O=P(O)(O)O. The monoisotopic (exact) mass is 670 g/mol. The zero-order chi connectivity index (χ0) is 32.6. The van der Waals surface area contributed by atoms with Crippen molar-refractivity contribution in [3.05, 3.63) is 46.8 Å². The molecule has 0 unspecified atom stereocenters. The van der Waals surface area contributed by atoms with Crippen molar-refractivity contribution in [1.82, 2.24) is 24.6 Å². The number of nitrogens with zero attached hydrogens (tertiary/aromatic N) is 6. The normalized spacial score (nSPS) is 13.8. The molecule has 244 valence electrons. The number of rotatable bonds is 4. The average Bonchev–Trinajstić information content (AvgIpc) is 3.25. The summed E-state index contributed by atoms with van der Waals surface area (Å²) < 4.78 is 88.1. The van der Waals surface area contributed by atoms with E-state index in [0.29, 0.717) is 12.1 Å². The number of guanidine groups is 2. The van der Waals surface area contributed by atoms with Crippen LogP contribution < -0.4 is 17.2 Å². The molecule has 23 heteroatoms. The van der Waals surface area contributed by atoms with E-state index in [2.05, 4.69) is 15.2 Å². The van der Waals surface area contributed by atoms with E-state index in [-0.39, 0.29) is 68.2 Å². The van der Waals surface area contributed by atoms with Crippen molar-refractivity contribution < 1.29 is 50.4 Å². The van der Waals surface area contributed by atoms with E-state index in [9.17, 15) is 31.1 Å². The lowest BCUT2D eigenvalue weighted by atomic mass is 10.0. The van der Waals surface area contributed by atoms with Crippen LogP contribution in [0.5, 0.6) is 0 Å². The first-order valence-corrected chi connectivity index (χ1v) is 13.0. The molecule has 0 spiro atoms. The Kier molecular flexibility index (Phi) is 15.1. The summed E-state index contributed by atoms with van der Waals surface area (Å²) in [5.74, 6) is -5.19. The van der Waals surface area contributed by atoms with Gasteiger partial charge in [-0.05, 0) is 18.1 Å². The van der Waals surface area contributed by atoms with Gasteiger partial charge >= 0.3 is 14.0 Å². The summed E-state index contributed by atoms with van der Waals surface area (Å²) in [5, 5.41) is 13.3. The number of nitrogens with two attached hydrogens (primary N) is 3. The third-order valence-corrected chi connectivity index (χ3v) is 5.06. The second kappa shape index (κ2) is 16.4. The molecule has 0 saturated heterocycles. The Morgan fingerprint density at radius 3 is 2.12 bits per heavy atom. The van der Waals surface area contributed by atoms with Crippen molar-refractivity contribution in [3.63, 3.8) is 0 Å². The van der Waals surface area contributed by atoms with Gasteiger partial charge in [-0.2, -0.15) is 18.2 Å². The maximum atomic E-state index is 13.7. The van der Waals surface area contributed by atoms with Crippen LogP contribution >= 0.6 is 20.2 Å². The Morgan fingerprint density at radius 2 is 1.65 bits per heavy atom. The molecular formula is C20H30ClF6N10O5P. The molecule has 0 fully saturated rings. The van der Waals surface area contributed by atoms with Crippen LogP contribution in [0.4, 0.5) is 26.3 Å². The number of aromatic nitrogens is 3. The van der Waals surface area contributed by atoms with Crippen molar-refractivity contribution in [2.24, 2.45) is 22.2 Å². The standard InChI is InChI=1S/C16H15F6N5O.C4H11N5.ClH.H3O4P/c17-10-6-12(19)11(18)4-8(10)3-9(23)5-14(28)26-1-2-27-13(7-26)24-25-15(27)16(20,21)22;1-9(2)4(7)8-3(5)6;;1-5(2,3)4/h4,6,9H,1-3,5,7,23H2;1-2H3,(H5,5,6,7,8);1H;(H3,1,2,3,4)/t9-;;;/m1.../s1. The van der Waals surface area contributed by atoms with E-state index in [4.69, 9.17) is 41.9 Å². The van der Waals surface area contributed by atoms with E-state index < -0.39 is 49.2 Å². The molecule has 15 nitrogen and oxygen atoms in total. The third kappa shape index (κ3) is 14.0. The highest BCUT2D eigenvalue weighted by Crippen LogP contribution is 2.29. The summed E-state index contributed by atoms with van der Waals surface area (Å²) in [4.78, 5) is 40.2. The molecule has 0 saturated carbocycles. The van der Waals surface area contributed by atoms with Crippen LogP contribution in [0.1, 0.15) is 23.6 Å². The summed E-state index contributed by atoms with van der Waals surface area (Å²) in [6.07, 6.45) is -5.11. The molecule has 1 aromatic heterocycles. The molecular weight excluding hydrogens is 641 g/mol. The molecule has 1 aliphatic rings. The maximum absolute atomic E-state index is 13.7. The second-order valence-corrected chi connectivity index (χ2v) is 9.72. The number of benzene rings is 1. The fourth-order valence-electron chi connectivity index (χ4n) is 3.23. The van der Waals surface area contributed by atoms with Crippen molar-refractivity contribution >= 4 is 38.1 Å². The van der Waals surface area contributed by atoms with Crippen LogP contribution in [0.15, 0.2) is 17.1 Å². The van der Waals surface area contributed by atoms with E-state index in [1.165, 1.54) is 4.90 Å². The average molecular weight is 671 g/mol. The molecule has 10 N–H and O–H groups in total. The van der Waals surface area contributed by atoms with Gasteiger partial charge in [0.15, 0.2) is 23.4 Å². The fraction of sp³-hybridized carbons (Fsp3) is 0.450. The molecule has 1 aromatic carbocycles. The largest absolute Gasteiger partial charge is 0.466 e. The molecule has 0 aliphatic carbocycles.